The Hall–Kier alpha value is -0.810. The molecule has 2 N–H and O–H groups in total. The van der Waals surface area contributed by atoms with Gasteiger partial charge in [-0.25, -0.2) is 4.98 Å². The minimum atomic E-state index is 0.414. The van der Waals surface area contributed by atoms with Gasteiger partial charge in [0.1, 0.15) is 5.82 Å². The summed E-state index contributed by atoms with van der Waals surface area (Å²) < 4.78 is 6.07. The lowest BCUT2D eigenvalue weighted by Gasteiger charge is -2.30. The summed E-state index contributed by atoms with van der Waals surface area (Å²) in [5.41, 5.74) is 6.36. The van der Waals surface area contributed by atoms with E-state index in [0.717, 1.165) is 23.3 Å². The Balaban J connectivity index is 2.95. The monoisotopic (exact) mass is 301 g/mol. The number of nitrogen functional groups attached to an aromatic ring is 1. The van der Waals surface area contributed by atoms with E-state index in [9.17, 15) is 0 Å². The van der Waals surface area contributed by atoms with Gasteiger partial charge in [0.05, 0.1) is 23.0 Å². The molecular weight excluding hydrogens is 282 g/mol. The maximum absolute atomic E-state index is 5.70. The number of anilines is 2. The third-order valence-corrected chi connectivity index (χ3v) is 3.36. The van der Waals surface area contributed by atoms with Gasteiger partial charge in [0.15, 0.2) is 0 Å². The third-order valence-electron chi connectivity index (χ3n) is 2.77. The number of hydrogen-bond acceptors (Lipinski definition) is 4. The summed E-state index contributed by atoms with van der Waals surface area (Å²) in [6, 6.07) is 2.29. The molecule has 1 heterocycles. The van der Waals surface area contributed by atoms with Crippen molar-refractivity contribution < 1.29 is 4.74 Å². The minimum absolute atomic E-state index is 0.414. The van der Waals surface area contributed by atoms with Gasteiger partial charge in [-0.2, -0.15) is 0 Å². The fourth-order valence-electron chi connectivity index (χ4n) is 1.60. The van der Waals surface area contributed by atoms with Crippen molar-refractivity contribution in [3.8, 4) is 0 Å². The first kappa shape index (κ1) is 14.3. The molecule has 1 aromatic rings. The first-order valence-corrected chi connectivity index (χ1v) is 6.56. The van der Waals surface area contributed by atoms with Crippen molar-refractivity contribution in [2.75, 3.05) is 30.9 Å². The second-order valence-electron chi connectivity index (χ2n) is 4.02. The van der Waals surface area contributed by atoms with E-state index in [1.165, 1.54) is 0 Å². The minimum Gasteiger partial charge on any atom is -0.397 e. The fraction of sp³-hybridized carbons (Fsp3) is 0.583. The Morgan fingerprint density at radius 1 is 1.59 bits per heavy atom. The molecule has 1 unspecified atom stereocenters. The van der Waals surface area contributed by atoms with Crippen LogP contribution in [0.4, 0.5) is 11.5 Å². The largest absolute Gasteiger partial charge is 0.397 e. The number of nitrogens with zero attached hydrogens (tertiary/aromatic N) is 2. The number of methoxy groups -OCH3 is 1. The summed E-state index contributed by atoms with van der Waals surface area (Å²) in [4.78, 5) is 6.63. The number of hydrogen-bond donors (Lipinski definition) is 1. The van der Waals surface area contributed by atoms with Crippen LogP contribution in [-0.2, 0) is 4.74 Å². The lowest BCUT2D eigenvalue weighted by molar-refractivity contribution is 0.203. The lowest BCUT2D eigenvalue weighted by Crippen LogP contribution is -2.36. The zero-order valence-electron chi connectivity index (χ0n) is 10.6. The van der Waals surface area contributed by atoms with Crippen LogP contribution in [0.2, 0.25) is 0 Å². The Kier molecular flexibility index (Phi) is 5.71. The molecule has 1 atom stereocenters. The molecule has 1 rings (SSSR count). The first-order valence-electron chi connectivity index (χ1n) is 5.76. The van der Waals surface area contributed by atoms with Crippen LogP contribution in [-0.4, -0.2) is 31.3 Å². The smallest absolute Gasteiger partial charge is 0.143 e. The molecule has 0 aliphatic heterocycles. The normalized spacial score (nSPS) is 12.5. The van der Waals surface area contributed by atoms with Crippen molar-refractivity contribution in [2.45, 2.75) is 26.3 Å². The molecule has 0 amide bonds. The molecular formula is C12H20BrN3O. The van der Waals surface area contributed by atoms with Gasteiger partial charge < -0.3 is 15.4 Å². The van der Waals surface area contributed by atoms with Crippen LogP contribution in [0.1, 0.15) is 20.3 Å². The van der Waals surface area contributed by atoms with Gasteiger partial charge in [-0.05, 0) is 35.3 Å². The average Bonchev–Trinajstić information content (AvgIpc) is 2.31. The Morgan fingerprint density at radius 3 is 2.82 bits per heavy atom. The maximum Gasteiger partial charge on any atom is 0.143 e. The van der Waals surface area contributed by atoms with Crippen LogP contribution in [0.5, 0.6) is 0 Å². The van der Waals surface area contributed by atoms with Crippen molar-refractivity contribution >= 4 is 27.4 Å². The quantitative estimate of drug-likeness (QED) is 0.878. The topological polar surface area (TPSA) is 51.4 Å². The van der Waals surface area contributed by atoms with Crippen molar-refractivity contribution in [3.05, 3.63) is 16.7 Å². The van der Waals surface area contributed by atoms with Crippen LogP contribution in [0, 0.1) is 0 Å². The summed E-state index contributed by atoms with van der Waals surface area (Å²) in [6.07, 6.45) is 2.74. The van der Waals surface area contributed by atoms with Crippen molar-refractivity contribution in [1.29, 1.82) is 0 Å². The van der Waals surface area contributed by atoms with Gasteiger partial charge in [0.25, 0.3) is 0 Å². The predicted octanol–water partition coefficient (Wildman–Crippen LogP) is 2.68. The van der Waals surface area contributed by atoms with Gasteiger partial charge >= 0.3 is 0 Å². The molecule has 96 valence electrons. The highest BCUT2D eigenvalue weighted by molar-refractivity contribution is 9.10. The predicted molar refractivity (Wildman–Crippen MR) is 75.3 cm³/mol. The van der Waals surface area contributed by atoms with E-state index >= 15 is 0 Å². The van der Waals surface area contributed by atoms with E-state index < -0.39 is 0 Å². The summed E-state index contributed by atoms with van der Waals surface area (Å²) in [5.74, 6) is 0.922. The maximum atomic E-state index is 5.70. The average molecular weight is 302 g/mol. The van der Waals surface area contributed by atoms with Gasteiger partial charge in [0.2, 0.25) is 0 Å². The van der Waals surface area contributed by atoms with E-state index in [-0.39, 0.29) is 0 Å². The van der Waals surface area contributed by atoms with Crippen molar-refractivity contribution in [3.63, 3.8) is 0 Å². The summed E-state index contributed by atoms with van der Waals surface area (Å²) in [6.45, 7) is 5.85. The zero-order chi connectivity index (χ0) is 12.8. The highest BCUT2D eigenvalue weighted by atomic mass is 79.9. The Labute approximate surface area is 111 Å². The SMILES string of the molecule is CCC(C)N(CCOC)c1ncc(N)cc1Br. The van der Waals surface area contributed by atoms with Crippen LogP contribution < -0.4 is 10.6 Å². The highest BCUT2D eigenvalue weighted by Crippen LogP contribution is 2.27. The van der Waals surface area contributed by atoms with E-state index in [1.54, 1.807) is 13.3 Å². The first-order chi connectivity index (χ1) is 8.10. The standard InChI is InChI=1S/C12H20BrN3O/c1-4-9(2)16(5-6-17-3)12-11(13)7-10(14)8-15-12/h7-9H,4-6,14H2,1-3H3. The molecule has 0 bridgehead atoms. The van der Waals surface area contributed by atoms with Gasteiger partial charge in [-0.3, -0.25) is 0 Å². The molecule has 17 heavy (non-hydrogen) atoms. The van der Waals surface area contributed by atoms with Gasteiger partial charge in [-0.15, -0.1) is 0 Å². The van der Waals surface area contributed by atoms with Crippen LogP contribution >= 0.6 is 15.9 Å². The van der Waals surface area contributed by atoms with Crippen molar-refractivity contribution in [2.24, 2.45) is 0 Å². The summed E-state index contributed by atoms with van der Waals surface area (Å²) >= 11 is 3.51. The summed E-state index contributed by atoms with van der Waals surface area (Å²) in [5, 5.41) is 0. The number of ether oxygens (including phenoxy) is 1. The third kappa shape index (κ3) is 3.85. The molecule has 0 saturated heterocycles. The van der Waals surface area contributed by atoms with Crippen LogP contribution in [0.15, 0.2) is 16.7 Å². The molecule has 0 aromatic carbocycles. The molecule has 0 fully saturated rings. The van der Waals surface area contributed by atoms with E-state index in [1.807, 2.05) is 6.07 Å². The number of pyridine rings is 1. The number of aromatic nitrogens is 1. The molecule has 0 aliphatic carbocycles. The van der Waals surface area contributed by atoms with Gasteiger partial charge in [-0.1, -0.05) is 6.92 Å². The fourth-order valence-corrected chi connectivity index (χ4v) is 2.20. The second-order valence-corrected chi connectivity index (χ2v) is 4.87. The Bertz CT molecular complexity index is 360. The van der Waals surface area contributed by atoms with Gasteiger partial charge in [0, 0.05) is 19.7 Å². The molecule has 0 radical (unpaired) electrons. The molecule has 5 heteroatoms. The van der Waals surface area contributed by atoms with Crippen LogP contribution in [0.3, 0.4) is 0 Å². The molecule has 1 aromatic heterocycles. The molecule has 0 spiro atoms. The highest BCUT2D eigenvalue weighted by Gasteiger charge is 2.16. The molecule has 0 saturated carbocycles. The lowest BCUT2D eigenvalue weighted by atomic mass is 10.2. The van der Waals surface area contributed by atoms with Crippen LogP contribution in [0.25, 0.3) is 0 Å². The second kappa shape index (κ2) is 6.81. The summed E-state index contributed by atoms with van der Waals surface area (Å²) in [7, 11) is 1.71. The number of nitrogens with two attached hydrogens (primary N) is 1. The van der Waals surface area contributed by atoms with E-state index in [0.29, 0.717) is 18.3 Å². The molecule has 0 aliphatic rings. The Morgan fingerprint density at radius 2 is 2.29 bits per heavy atom. The zero-order valence-corrected chi connectivity index (χ0v) is 12.2. The van der Waals surface area contributed by atoms with E-state index in [4.69, 9.17) is 10.5 Å². The van der Waals surface area contributed by atoms with Crippen molar-refractivity contribution in [1.82, 2.24) is 4.98 Å². The molecule has 4 nitrogen and oxygen atoms in total. The number of rotatable bonds is 6. The number of halogens is 1. The van der Waals surface area contributed by atoms with E-state index in [2.05, 4.69) is 39.7 Å².